The molecule has 3 heterocycles. The van der Waals surface area contributed by atoms with Crippen molar-refractivity contribution in [3.05, 3.63) is 53.2 Å². The minimum Gasteiger partial charge on any atom is -0.491 e. The van der Waals surface area contributed by atoms with Crippen molar-refractivity contribution in [2.75, 3.05) is 33.7 Å². The molecule has 0 spiro atoms. The number of hydrogen-bond acceptors (Lipinski definition) is 10. The predicted molar refractivity (Wildman–Crippen MR) is 158 cm³/mol. The van der Waals surface area contributed by atoms with E-state index in [0.717, 1.165) is 41.9 Å². The molecule has 1 aliphatic rings. The SMILES string of the molecule is COc1cc(-c2ccc(CN(C)[C@@H]3C[C@H](Nc4ncnc5sc(CC(F)(F)F)cc45)[C@H](OC)C3)cc2)nnc1OC.Cl. The van der Waals surface area contributed by atoms with E-state index >= 15 is 0 Å². The predicted octanol–water partition coefficient (Wildman–Crippen LogP) is 5.78. The number of nitrogens with zero attached hydrogens (tertiary/aromatic N) is 5. The van der Waals surface area contributed by atoms with Crippen LogP contribution < -0.4 is 14.8 Å². The van der Waals surface area contributed by atoms with Crippen molar-refractivity contribution in [3.63, 3.8) is 0 Å². The monoisotopic (exact) mass is 624 g/mol. The van der Waals surface area contributed by atoms with E-state index in [4.69, 9.17) is 14.2 Å². The van der Waals surface area contributed by atoms with Crippen molar-refractivity contribution in [2.24, 2.45) is 0 Å². The van der Waals surface area contributed by atoms with Crippen LogP contribution in [0.15, 0.2) is 42.7 Å². The smallest absolute Gasteiger partial charge is 0.393 e. The number of benzene rings is 1. The van der Waals surface area contributed by atoms with Crippen molar-refractivity contribution >= 4 is 39.8 Å². The second-order valence-corrected chi connectivity index (χ2v) is 11.1. The lowest BCUT2D eigenvalue weighted by molar-refractivity contribution is -0.126. The average molecular weight is 625 g/mol. The maximum Gasteiger partial charge on any atom is 0.393 e. The number of rotatable bonds is 10. The molecule has 3 atom stereocenters. The van der Waals surface area contributed by atoms with Gasteiger partial charge in [-0.05, 0) is 31.5 Å². The zero-order chi connectivity index (χ0) is 29.1. The summed E-state index contributed by atoms with van der Waals surface area (Å²) < 4.78 is 55.1. The van der Waals surface area contributed by atoms with Gasteiger partial charge in [-0.1, -0.05) is 24.3 Å². The Morgan fingerprint density at radius 3 is 2.45 bits per heavy atom. The molecule has 3 aromatic heterocycles. The molecule has 0 radical (unpaired) electrons. The molecule has 1 saturated carbocycles. The lowest BCUT2D eigenvalue weighted by Crippen LogP contribution is -2.31. The first kappa shape index (κ1) is 31.7. The molecule has 14 heteroatoms. The molecule has 4 aromatic rings. The minimum absolute atomic E-state index is 0. The van der Waals surface area contributed by atoms with E-state index in [0.29, 0.717) is 33.4 Å². The quantitative estimate of drug-likeness (QED) is 0.236. The number of hydrogen-bond donors (Lipinski definition) is 1. The number of fused-ring (bicyclic) bond motifs is 1. The Balaban J connectivity index is 0.00000405. The Morgan fingerprint density at radius 1 is 1.02 bits per heavy atom. The summed E-state index contributed by atoms with van der Waals surface area (Å²) >= 11 is 1.04. The van der Waals surface area contributed by atoms with Crippen LogP contribution in [0.2, 0.25) is 0 Å². The fraction of sp³-hybridized carbons (Fsp3) is 0.429. The van der Waals surface area contributed by atoms with Crippen molar-refractivity contribution < 1.29 is 27.4 Å². The lowest BCUT2D eigenvalue weighted by Gasteiger charge is -2.24. The van der Waals surface area contributed by atoms with Gasteiger partial charge in [0.15, 0.2) is 5.75 Å². The second kappa shape index (κ2) is 13.4. The molecule has 5 rings (SSSR count). The average Bonchev–Trinajstić information content (AvgIpc) is 3.56. The topological polar surface area (TPSA) is 94.5 Å². The largest absolute Gasteiger partial charge is 0.491 e. The second-order valence-electron chi connectivity index (χ2n) is 10.0. The first-order chi connectivity index (χ1) is 19.7. The third-order valence-corrected chi connectivity index (χ3v) is 8.35. The Hall–Kier alpha value is -3.26. The lowest BCUT2D eigenvalue weighted by atomic mass is 10.1. The molecule has 0 unspecified atom stereocenters. The van der Waals surface area contributed by atoms with Gasteiger partial charge in [-0.15, -0.1) is 33.9 Å². The van der Waals surface area contributed by atoms with Crippen LogP contribution in [0.1, 0.15) is 23.3 Å². The summed E-state index contributed by atoms with van der Waals surface area (Å²) in [5.74, 6) is 1.38. The molecule has 226 valence electrons. The van der Waals surface area contributed by atoms with Gasteiger partial charge in [0.05, 0.1) is 43.9 Å². The molecule has 1 fully saturated rings. The highest BCUT2D eigenvalue weighted by atomic mass is 35.5. The van der Waals surface area contributed by atoms with Crippen molar-refractivity contribution in [3.8, 4) is 22.9 Å². The van der Waals surface area contributed by atoms with Crippen LogP contribution in [0.3, 0.4) is 0 Å². The van der Waals surface area contributed by atoms with Gasteiger partial charge in [0, 0.05) is 36.2 Å². The zero-order valence-corrected chi connectivity index (χ0v) is 25.1. The number of aromatic nitrogens is 4. The highest BCUT2D eigenvalue weighted by Gasteiger charge is 2.37. The Kier molecular flexibility index (Phi) is 10.1. The molecule has 0 bridgehead atoms. The molecule has 42 heavy (non-hydrogen) atoms. The van der Waals surface area contributed by atoms with E-state index in [2.05, 4.69) is 49.6 Å². The van der Waals surface area contributed by atoms with E-state index in [9.17, 15) is 13.2 Å². The normalized spacial score (nSPS) is 18.7. The van der Waals surface area contributed by atoms with Gasteiger partial charge in [0.25, 0.3) is 5.88 Å². The van der Waals surface area contributed by atoms with Gasteiger partial charge >= 0.3 is 6.18 Å². The number of halogens is 4. The Bertz CT molecular complexity index is 1490. The summed E-state index contributed by atoms with van der Waals surface area (Å²) in [7, 11) is 6.84. The fourth-order valence-electron chi connectivity index (χ4n) is 5.22. The number of nitrogens with one attached hydrogen (secondary N) is 1. The number of ether oxygens (including phenoxy) is 3. The highest BCUT2D eigenvalue weighted by molar-refractivity contribution is 7.18. The summed E-state index contributed by atoms with van der Waals surface area (Å²) in [5.41, 5.74) is 2.74. The minimum atomic E-state index is -4.27. The third-order valence-electron chi connectivity index (χ3n) is 7.30. The van der Waals surface area contributed by atoms with Crippen molar-refractivity contribution in [2.45, 2.75) is 50.2 Å². The highest BCUT2D eigenvalue weighted by Crippen LogP contribution is 2.35. The molecule has 1 N–H and O–H groups in total. The van der Waals surface area contributed by atoms with Crippen LogP contribution >= 0.6 is 23.7 Å². The fourth-order valence-corrected chi connectivity index (χ4v) is 6.24. The molecular weight excluding hydrogens is 593 g/mol. The summed E-state index contributed by atoms with van der Waals surface area (Å²) in [6.45, 7) is 0.731. The number of thiophene rings is 1. The van der Waals surface area contributed by atoms with Crippen LogP contribution in [-0.2, 0) is 17.7 Å². The van der Waals surface area contributed by atoms with Gasteiger partial charge < -0.3 is 19.5 Å². The Morgan fingerprint density at radius 2 is 1.79 bits per heavy atom. The molecular formula is C28H32ClF3N6O3S. The van der Waals surface area contributed by atoms with E-state index in [1.54, 1.807) is 20.3 Å². The van der Waals surface area contributed by atoms with E-state index in [1.165, 1.54) is 19.5 Å². The van der Waals surface area contributed by atoms with Gasteiger partial charge in [-0.25, -0.2) is 9.97 Å². The summed E-state index contributed by atoms with van der Waals surface area (Å²) in [5, 5.41) is 12.4. The summed E-state index contributed by atoms with van der Waals surface area (Å²) in [6, 6.07) is 11.6. The van der Waals surface area contributed by atoms with E-state index in [-0.39, 0.29) is 35.5 Å². The van der Waals surface area contributed by atoms with Crippen LogP contribution in [-0.4, -0.2) is 77.8 Å². The number of methoxy groups -OCH3 is 3. The maximum absolute atomic E-state index is 12.9. The number of alkyl halides is 3. The van der Waals surface area contributed by atoms with Gasteiger partial charge in [0.2, 0.25) is 0 Å². The molecule has 1 aliphatic carbocycles. The molecule has 0 aliphatic heterocycles. The van der Waals surface area contributed by atoms with Gasteiger partial charge in [-0.2, -0.15) is 13.2 Å². The van der Waals surface area contributed by atoms with Gasteiger partial charge in [-0.3, -0.25) is 4.90 Å². The number of anilines is 1. The molecule has 9 nitrogen and oxygen atoms in total. The molecule has 0 saturated heterocycles. The summed E-state index contributed by atoms with van der Waals surface area (Å²) in [6.07, 6.45) is -2.35. The molecule has 0 amide bonds. The summed E-state index contributed by atoms with van der Waals surface area (Å²) in [4.78, 5) is 11.6. The van der Waals surface area contributed by atoms with Crippen molar-refractivity contribution in [1.29, 1.82) is 0 Å². The van der Waals surface area contributed by atoms with Crippen LogP contribution in [0, 0.1) is 0 Å². The van der Waals surface area contributed by atoms with E-state index in [1.807, 2.05) is 12.1 Å². The maximum atomic E-state index is 12.9. The van der Waals surface area contributed by atoms with E-state index < -0.39 is 12.6 Å². The third kappa shape index (κ3) is 7.20. The zero-order valence-electron chi connectivity index (χ0n) is 23.5. The van der Waals surface area contributed by atoms with Gasteiger partial charge in [0.1, 0.15) is 17.0 Å². The molecule has 1 aromatic carbocycles. The van der Waals surface area contributed by atoms with Crippen molar-refractivity contribution in [1.82, 2.24) is 25.1 Å². The van der Waals surface area contributed by atoms with Crippen LogP contribution in [0.4, 0.5) is 19.0 Å². The first-order valence-corrected chi connectivity index (χ1v) is 13.8. The standard InChI is InChI=1S/C28H31F3N6O3S.ClH/c1-37(14-16-5-7-17(8-6-16)21-12-24(39-3)26(40-4)36-35-21)18-9-22(23(10-18)38-2)34-25-20-11-19(13-28(29,30)31)41-27(20)33-15-32-25;/h5-8,11-12,15,18,22-23H,9-10,13-14H2,1-4H3,(H,32,33,34);1H/t18-,22+,23-;/m1./s1. The van der Waals surface area contributed by atoms with Crippen LogP contribution in [0.5, 0.6) is 11.6 Å². The first-order valence-electron chi connectivity index (χ1n) is 13.0. The Labute approximate surface area is 251 Å². The van der Waals surface area contributed by atoms with Crippen LogP contribution in [0.25, 0.3) is 21.5 Å².